The molecule has 0 aromatic carbocycles. The number of hydrogen-bond acceptors (Lipinski definition) is 3. The highest BCUT2D eigenvalue weighted by Crippen LogP contribution is 2.47. The zero-order chi connectivity index (χ0) is 14.6. The largest absolute Gasteiger partial charge is 0.369 e. The van der Waals surface area contributed by atoms with E-state index in [4.69, 9.17) is 11.6 Å². The Morgan fingerprint density at radius 2 is 2.20 bits per heavy atom. The molecule has 5 heteroatoms. The standard InChI is InChI=1S/C15H22ClN3O/c1-3-7-17-13-12(16)8-11(9-18-13)14(20)19-10-15(4-2)5-6-15/h8-9H,3-7,10H2,1-2H3,(H,17,18)(H,19,20). The number of anilines is 1. The van der Waals surface area contributed by atoms with Gasteiger partial charge in [-0.25, -0.2) is 4.98 Å². The summed E-state index contributed by atoms with van der Waals surface area (Å²) in [6.45, 7) is 5.81. The molecule has 1 saturated carbocycles. The zero-order valence-corrected chi connectivity index (χ0v) is 12.9. The van der Waals surface area contributed by atoms with E-state index in [0.717, 1.165) is 25.9 Å². The van der Waals surface area contributed by atoms with Gasteiger partial charge in [0.1, 0.15) is 5.82 Å². The molecule has 0 spiro atoms. The lowest BCUT2D eigenvalue weighted by atomic mass is 10.0. The maximum absolute atomic E-state index is 12.1. The Kier molecular flexibility index (Phi) is 4.86. The molecular formula is C15H22ClN3O. The molecule has 0 bridgehead atoms. The van der Waals surface area contributed by atoms with Gasteiger partial charge in [0.15, 0.2) is 0 Å². The summed E-state index contributed by atoms with van der Waals surface area (Å²) >= 11 is 6.13. The molecule has 20 heavy (non-hydrogen) atoms. The number of nitrogens with zero attached hydrogens (tertiary/aromatic N) is 1. The average molecular weight is 296 g/mol. The van der Waals surface area contributed by atoms with Crippen LogP contribution < -0.4 is 10.6 Å². The van der Waals surface area contributed by atoms with Gasteiger partial charge in [0.25, 0.3) is 5.91 Å². The number of carbonyl (C=O) groups is 1. The summed E-state index contributed by atoms with van der Waals surface area (Å²) in [5.41, 5.74) is 0.860. The number of nitrogens with one attached hydrogen (secondary N) is 2. The first-order valence-electron chi connectivity index (χ1n) is 7.28. The van der Waals surface area contributed by atoms with Crippen LogP contribution in [0.25, 0.3) is 0 Å². The number of halogens is 1. The highest BCUT2D eigenvalue weighted by molar-refractivity contribution is 6.33. The molecule has 110 valence electrons. The van der Waals surface area contributed by atoms with E-state index in [1.165, 1.54) is 12.8 Å². The van der Waals surface area contributed by atoms with E-state index in [9.17, 15) is 4.79 Å². The lowest BCUT2D eigenvalue weighted by Crippen LogP contribution is -2.30. The van der Waals surface area contributed by atoms with Crippen LogP contribution in [0.3, 0.4) is 0 Å². The molecule has 1 aliphatic rings. The van der Waals surface area contributed by atoms with Gasteiger partial charge in [0, 0.05) is 19.3 Å². The van der Waals surface area contributed by atoms with Crippen LogP contribution >= 0.6 is 11.6 Å². The van der Waals surface area contributed by atoms with Crippen molar-refractivity contribution in [3.8, 4) is 0 Å². The first-order chi connectivity index (χ1) is 9.60. The van der Waals surface area contributed by atoms with Crippen LogP contribution in [0.4, 0.5) is 5.82 Å². The average Bonchev–Trinajstić information content (AvgIpc) is 3.24. The Morgan fingerprint density at radius 3 is 2.75 bits per heavy atom. The smallest absolute Gasteiger partial charge is 0.252 e. The lowest BCUT2D eigenvalue weighted by Gasteiger charge is -2.13. The molecule has 0 aliphatic heterocycles. The van der Waals surface area contributed by atoms with Crippen LogP contribution in [0.2, 0.25) is 5.02 Å². The Labute approximate surface area is 125 Å². The monoisotopic (exact) mass is 295 g/mol. The number of amides is 1. The summed E-state index contributed by atoms with van der Waals surface area (Å²) < 4.78 is 0. The Balaban J connectivity index is 1.94. The topological polar surface area (TPSA) is 54.0 Å². The van der Waals surface area contributed by atoms with E-state index in [2.05, 4.69) is 29.5 Å². The zero-order valence-electron chi connectivity index (χ0n) is 12.1. The van der Waals surface area contributed by atoms with Crippen LogP contribution in [0.1, 0.15) is 49.9 Å². The molecule has 1 aromatic rings. The van der Waals surface area contributed by atoms with E-state index in [1.54, 1.807) is 12.3 Å². The Morgan fingerprint density at radius 1 is 1.45 bits per heavy atom. The second-order valence-corrected chi connectivity index (χ2v) is 5.92. The molecule has 0 radical (unpaired) electrons. The second-order valence-electron chi connectivity index (χ2n) is 5.52. The molecule has 2 rings (SSSR count). The maximum atomic E-state index is 12.1. The van der Waals surface area contributed by atoms with Crippen molar-refractivity contribution in [2.45, 2.75) is 39.5 Å². The van der Waals surface area contributed by atoms with Crippen LogP contribution in [0.5, 0.6) is 0 Å². The molecule has 0 unspecified atom stereocenters. The Bertz CT molecular complexity index is 486. The molecular weight excluding hydrogens is 274 g/mol. The Hall–Kier alpha value is -1.29. The van der Waals surface area contributed by atoms with Gasteiger partial charge in [0.05, 0.1) is 10.6 Å². The number of rotatable bonds is 7. The van der Waals surface area contributed by atoms with Gasteiger partial charge < -0.3 is 10.6 Å². The summed E-state index contributed by atoms with van der Waals surface area (Å²) in [4.78, 5) is 16.3. The summed E-state index contributed by atoms with van der Waals surface area (Å²) in [6, 6.07) is 1.67. The highest BCUT2D eigenvalue weighted by Gasteiger charge is 2.40. The summed E-state index contributed by atoms with van der Waals surface area (Å²) in [5.74, 6) is 0.540. The van der Waals surface area contributed by atoms with E-state index in [1.807, 2.05) is 0 Å². The molecule has 1 amide bonds. The van der Waals surface area contributed by atoms with Crippen LogP contribution in [0, 0.1) is 5.41 Å². The molecule has 1 heterocycles. The van der Waals surface area contributed by atoms with E-state index >= 15 is 0 Å². The molecule has 2 N–H and O–H groups in total. The van der Waals surface area contributed by atoms with Gasteiger partial charge in [-0.3, -0.25) is 4.79 Å². The number of aromatic nitrogens is 1. The fourth-order valence-electron chi connectivity index (χ4n) is 2.14. The van der Waals surface area contributed by atoms with Crippen molar-refractivity contribution >= 4 is 23.3 Å². The van der Waals surface area contributed by atoms with Crippen molar-refractivity contribution in [2.24, 2.45) is 5.41 Å². The third kappa shape index (κ3) is 3.63. The first-order valence-corrected chi connectivity index (χ1v) is 7.65. The molecule has 0 atom stereocenters. The van der Waals surface area contributed by atoms with Crippen LogP contribution in [-0.2, 0) is 0 Å². The van der Waals surface area contributed by atoms with Crippen molar-refractivity contribution in [3.63, 3.8) is 0 Å². The summed E-state index contributed by atoms with van der Waals surface area (Å²) in [7, 11) is 0. The van der Waals surface area contributed by atoms with Gasteiger partial charge in [-0.15, -0.1) is 0 Å². The summed E-state index contributed by atoms with van der Waals surface area (Å²) in [5, 5.41) is 6.60. The van der Waals surface area contributed by atoms with E-state index in [-0.39, 0.29) is 5.91 Å². The quantitative estimate of drug-likeness (QED) is 0.810. The van der Waals surface area contributed by atoms with Gasteiger partial charge in [-0.1, -0.05) is 25.4 Å². The first kappa shape index (κ1) is 15.1. The van der Waals surface area contributed by atoms with Gasteiger partial charge in [0.2, 0.25) is 0 Å². The minimum Gasteiger partial charge on any atom is -0.369 e. The number of hydrogen-bond donors (Lipinski definition) is 2. The number of carbonyl (C=O) groups excluding carboxylic acids is 1. The highest BCUT2D eigenvalue weighted by atomic mass is 35.5. The fourth-order valence-corrected chi connectivity index (χ4v) is 2.37. The van der Waals surface area contributed by atoms with Gasteiger partial charge >= 0.3 is 0 Å². The van der Waals surface area contributed by atoms with Gasteiger partial charge in [-0.05, 0) is 37.2 Å². The summed E-state index contributed by atoms with van der Waals surface area (Å²) in [6.07, 6.45) is 6.11. The molecule has 0 saturated heterocycles. The van der Waals surface area contributed by atoms with E-state index < -0.39 is 0 Å². The predicted octanol–water partition coefficient (Wildman–Crippen LogP) is 3.48. The predicted molar refractivity (Wildman–Crippen MR) is 82.3 cm³/mol. The minimum absolute atomic E-state index is 0.0961. The van der Waals surface area contributed by atoms with Crippen molar-refractivity contribution in [3.05, 3.63) is 22.8 Å². The fraction of sp³-hybridized carbons (Fsp3) is 0.600. The van der Waals surface area contributed by atoms with Crippen LogP contribution in [-0.4, -0.2) is 24.0 Å². The number of pyridine rings is 1. The molecule has 4 nitrogen and oxygen atoms in total. The van der Waals surface area contributed by atoms with E-state index in [0.29, 0.717) is 21.8 Å². The third-order valence-corrected chi connectivity index (χ3v) is 4.26. The maximum Gasteiger partial charge on any atom is 0.252 e. The van der Waals surface area contributed by atoms with Crippen molar-refractivity contribution in [2.75, 3.05) is 18.4 Å². The second kappa shape index (κ2) is 6.44. The van der Waals surface area contributed by atoms with Gasteiger partial charge in [-0.2, -0.15) is 0 Å². The molecule has 1 aromatic heterocycles. The molecule has 1 fully saturated rings. The SMILES string of the molecule is CCCNc1ncc(C(=O)NCC2(CC)CC2)cc1Cl. The van der Waals surface area contributed by atoms with Crippen molar-refractivity contribution in [1.29, 1.82) is 0 Å². The van der Waals surface area contributed by atoms with Crippen molar-refractivity contribution < 1.29 is 4.79 Å². The minimum atomic E-state index is -0.0961. The molecule has 1 aliphatic carbocycles. The van der Waals surface area contributed by atoms with Crippen LogP contribution in [0.15, 0.2) is 12.3 Å². The third-order valence-electron chi connectivity index (χ3n) is 3.98. The lowest BCUT2D eigenvalue weighted by molar-refractivity contribution is 0.0944. The normalized spacial score (nSPS) is 15.8. The van der Waals surface area contributed by atoms with Crippen molar-refractivity contribution in [1.82, 2.24) is 10.3 Å².